The second-order valence-electron chi connectivity index (χ2n) is 2.45. The van der Waals surface area contributed by atoms with E-state index in [2.05, 4.69) is 28.9 Å². The van der Waals surface area contributed by atoms with Crippen LogP contribution in [-0.2, 0) is 0 Å². The van der Waals surface area contributed by atoms with Crippen LogP contribution in [0.15, 0.2) is 11.1 Å². The molecule has 1 saturated carbocycles. The molecule has 0 aromatic heterocycles. The maximum atomic E-state index is 3.24. The van der Waals surface area contributed by atoms with Gasteiger partial charge in [0.2, 0.25) is 0 Å². The molecule has 0 atom stereocenters. The molecule has 0 saturated heterocycles. The molecule has 0 spiro atoms. The minimum absolute atomic E-state index is 0.573. The van der Waals surface area contributed by atoms with Crippen molar-refractivity contribution < 1.29 is 0 Å². The molecule has 0 amide bonds. The van der Waals surface area contributed by atoms with E-state index in [1.807, 2.05) is 4.99 Å². The molecule has 0 bridgehead atoms. The largest absolute Gasteiger partial charge is 0.0716 e. The number of hydrogen-bond acceptors (Lipinski definition) is 0. The third-order valence-electron chi connectivity index (χ3n) is 1.50. The van der Waals surface area contributed by atoms with Gasteiger partial charge >= 0.3 is 0 Å². The van der Waals surface area contributed by atoms with Crippen molar-refractivity contribution in [2.75, 3.05) is 0 Å². The molecular weight excluding hydrogens is 152 g/mol. The molecule has 40 valence electrons. The van der Waals surface area contributed by atoms with Gasteiger partial charge in [0.25, 0.3) is 0 Å². The maximum Gasteiger partial charge on any atom is -0.0138 e. The van der Waals surface area contributed by atoms with Crippen LogP contribution >= 0.6 is 15.9 Å². The first-order chi connectivity index (χ1) is 3.27. The van der Waals surface area contributed by atoms with Gasteiger partial charge in [0, 0.05) is 0 Å². The molecular formula is C6H9Br. The second-order valence-corrected chi connectivity index (χ2v) is 2.98. The Morgan fingerprint density at radius 2 is 2.14 bits per heavy atom. The first-order valence-corrected chi connectivity index (χ1v) is 3.46. The van der Waals surface area contributed by atoms with Gasteiger partial charge in [0.1, 0.15) is 0 Å². The number of rotatable bonds is 1. The number of halogens is 1. The van der Waals surface area contributed by atoms with Crippen LogP contribution in [-0.4, -0.2) is 0 Å². The first kappa shape index (κ1) is 5.36. The van der Waals surface area contributed by atoms with Crippen molar-refractivity contribution in [1.82, 2.24) is 0 Å². The third kappa shape index (κ3) is 1.30. The highest BCUT2D eigenvalue weighted by Crippen LogP contribution is 2.46. The van der Waals surface area contributed by atoms with E-state index in [1.165, 1.54) is 12.8 Å². The van der Waals surface area contributed by atoms with Crippen molar-refractivity contribution in [3.63, 3.8) is 0 Å². The van der Waals surface area contributed by atoms with Gasteiger partial charge in [-0.25, -0.2) is 0 Å². The quantitative estimate of drug-likeness (QED) is 0.554. The zero-order valence-corrected chi connectivity index (χ0v) is 6.03. The van der Waals surface area contributed by atoms with Crippen LogP contribution in [0.2, 0.25) is 0 Å². The van der Waals surface area contributed by atoms with E-state index in [-0.39, 0.29) is 0 Å². The fourth-order valence-corrected chi connectivity index (χ4v) is 1.15. The zero-order chi connectivity index (χ0) is 5.33. The normalized spacial score (nSPS) is 26.0. The van der Waals surface area contributed by atoms with E-state index >= 15 is 0 Å². The fraction of sp³-hybridized carbons (Fsp3) is 0.667. The molecule has 1 aliphatic rings. The molecule has 0 heterocycles. The van der Waals surface area contributed by atoms with Gasteiger partial charge < -0.3 is 0 Å². The lowest BCUT2D eigenvalue weighted by Crippen LogP contribution is -1.80. The van der Waals surface area contributed by atoms with E-state index in [9.17, 15) is 0 Å². The van der Waals surface area contributed by atoms with E-state index in [0.717, 1.165) is 0 Å². The number of hydrogen-bond donors (Lipinski definition) is 0. The molecule has 0 N–H and O–H groups in total. The van der Waals surface area contributed by atoms with Crippen molar-refractivity contribution >= 4 is 15.9 Å². The highest BCUT2D eigenvalue weighted by atomic mass is 79.9. The molecule has 0 aromatic carbocycles. The van der Waals surface area contributed by atoms with Crippen molar-refractivity contribution in [1.29, 1.82) is 0 Å². The van der Waals surface area contributed by atoms with Crippen molar-refractivity contribution in [2.45, 2.75) is 19.8 Å². The van der Waals surface area contributed by atoms with Gasteiger partial charge in [0.15, 0.2) is 0 Å². The van der Waals surface area contributed by atoms with Crippen LogP contribution in [0.1, 0.15) is 19.8 Å². The van der Waals surface area contributed by atoms with Crippen molar-refractivity contribution in [3.8, 4) is 0 Å². The van der Waals surface area contributed by atoms with Crippen LogP contribution in [0.4, 0.5) is 0 Å². The highest BCUT2D eigenvalue weighted by Gasteiger charge is 2.33. The SMILES string of the molecule is CC1(/C=C/Br)CC1. The lowest BCUT2D eigenvalue weighted by molar-refractivity contribution is 0.750. The van der Waals surface area contributed by atoms with Crippen LogP contribution in [0.5, 0.6) is 0 Å². The molecule has 0 aliphatic heterocycles. The van der Waals surface area contributed by atoms with Gasteiger partial charge in [-0.3, -0.25) is 0 Å². The molecule has 1 fully saturated rings. The number of allylic oxidation sites excluding steroid dienone is 1. The van der Waals surface area contributed by atoms with Crippen LogP contribution in [0.25, 0.3) is 0 Å². The summed E-state index contributed by atoms with van der Waals surface area (Å²) in [4.78, 5) is 1.96. The van der Waals surface area contributed by atoms with E-state index in [0.29, 0.717) is 5.41 Å². The molecule has 0 aromatic rings. The maximum absolute atomic E-state index is 3.24. The lowest BCUT2D eigenvalue weighted by Gasteiger charge is -1.92. The predicted molar refractivity (Wildman–Crippen MR) is 35.4 cm³/mol. The fourth-order valence-electron chi connectivity index (χ4n) is 0.516. The van der Waals surface area contributed by atoms with Gasteiger partial charge in [0.05, 0.1) is 0 Å². The Bertz CT molecular complexity index is 90.4. The summed E-state index contributed by atoms with van der Waals surface area (Å²) in [5.41, 5.74) is 0.573. The summed E-state index contributed by atoms with van der Waals surface area (Å²) in [5.74, 6) is 0. The summed E-state index contributed by atoms with van der Waals surface area (Å²) in [5, 5.41) is 0. The van der Waals surface area contributed by atoms with Crippen molar-refractivity contribution in [3.05, 3.63) is 11.1 Å². The lowest BCUT2D eigenvalue weighted by atomic mass is 10.1. The molecule has 1 rings (SSSR count). The average Bonchev–Trinajstić information content (AvgIpc) is 2.22. The molecule has 0 radical (unpaired) electrons. The minimum Gasteiger partial charge on any atom is -0.0716 e. The summed E-state index contributed by atoms with van der Waals surface area (Å²) in [6.07, 6.45) is 4.96. The van der Waals surface area contributed by atoms with Gasteiger partial charge in [-0.15, -0.1) is 0 Å². The Morgan fingerprint density at radius 3 is 2.29 bits per heavy atom. The summed E-state index contributed by atoms with van der Waals surface area (Å²) in [6, 6.07) is 0. The Morgan fingerprint density at radius 1 is 1.57 bits per heavy atom. The van der Waals surface area contributed by atoms with E-state index in [4.69, 9.17) is 0 Å². The zero-order valence-electron chi connectivity index (χ0n) is 4.45. The average molecular weight is 161 g/mol. The predicted octanol–water partition coefficient (Wildman–Crippen LogP) is 2.70. The van der Waals surface area contributed by atoms with Gasteiger partial charge in [-0.2, -0.15) is 0 Å². The van der Waals surface area contributed by atoms with Gasteiger partial charge in [-0.1, -0.05) is 28.9 Å². The summed E-state index contributed by atoms with van der Waals surface area (Å²) in [6.45, 7) is 2.27. The van der Waals surface area contributed by atoms with E-state index in [1.54, 1.807) is 0 Å². The Hall–Kier alpha value is 0.220. The Labute approximate surface area is 52.7 Å². The topological polar surface area (TPSA) is 0 Å². The van der Waals surface area contributed by atoms with Crippen molar-refractivity contribution in [2.24, 2.45) is 5.41 Å². The van der Waals surface area contributed by atoms with Gasteiger partial charge in [-0.05, 0) is 23.2 Å². The third-order valence-corrected chi connectivity index (χ3v) is 1.77. The molecule has 1 aliphatic carbocycles. The van der Waals surface area contributed by atoms with Crippen LogP contribution in [0, 0.1) is 5.41 Å². The summed E-state index contributed by atoms with van der Waals surface area (Å²) < 4.78 is 0. The Kier molecular flexibility index (Phi) is 1.24. The Balaban J connectivity index is 2.40. The monoisotopic (exact) mass is 160 g/mol. The summed E-state index contributed by atoms with van der Waals surface area (Å²) in [7, 11) is 0. The second kappa shape index (κ2) is 1.62. The standard InChI is InChI=1S/C6H9Br/c1-6(2-3-6)4-5-7/h4-5H,2-3H2,1H3/b5-4+. The van der Waals surface area contributed by atoms with Crippen LogP contribution in [0.3, 0.4) is 0 Å². The molecule has 7 heavy (non-hydrogen) atoms. The summed E-state index contributed by atoms with van der Waals surface area (Å²) >= 11 is 3.24. The first-order valence-electron chi connectivity index (χ1n) is 2.55. The molecule has 1 heteroatoms. The minimum atomic E-state index is 0.573. The van der Waals surface area contributed by atoms with E-state index < -0.39 is 0 Å². The highest BCUT2D eigenvalue weighted by molar-refractivity contribution is 9.11. The molecule has 0 nitrogen and oxygen atoms in total. The molecule has 0 unspecified atom stereocenters. The van der Waals surface area contributed by atoms with Crippen LogP contribution < -0.4 is 0 Å². The smallest absolute Gasteiger partial charge is 0.0138 e.